The zero-order chi connectivity index (χ0) is 11.9. The Balaban J connectivity index is 2.00. The fourth-order valence-electron chi connectivity index (χ4n) is 1.63. The van der Waals surface area contributed by atoms with Crippen LogP contribution in [0.2, 0.25) is 0 Å². The van der Waals surface area contributed by atoms with Gasteiger partial charge in [0.25, 0.3) is 0 Å². The van der Waals surface area contributed by atoms with Crippen LogP contribution in [0.1, 0.15) is 12.0 Å². The van der Waals surface area contributed by atoms with Gasteiger partial charge in [0.05, 0.1) is 12.2 Å². The minimum Gasteiger partial charge on any atom is -0.395 e. The maximum absolute atomic E-state index is 8.61. The van der Waals surface area contributed by atoms with E-state index in [4.69, 9.17) is 5.11 Å². The van der Waals surface area contributed by atoms with Crippen LogP contribution in [-0.2, 0) is 0 Å². The first kappa shape index (κ1) is 11.8. The molecule has 0 aliphatic carbocycles. The molecule has 2 N–H and O–H groups in total. The van der Waals surface area contributed by atoms with Crippen molar-refractivity contribution in [3.8, 4) is 11.8 Å². The van der Waals surface area contributed by atoms with Gasteiger partial charge in [0.1, 0.15) is 0 Å². The smallest absolute Gasteiger partial charge is 0.225 e. The van der Waals surface area contributed by atoms with E-state index in [2.05, 4.69) is 32.0 Å². The molecule has 0 unspecified atom stereocenters. The molecular formula is C12H16N4O. The molecule has 1 saturated heterocycles. The predicted molar refractivity (Wildman–Crippen MR) is 65.7 cm³/mol. The van der Waals surface area contributed by atoms with E-state index in [1.807, 2.05) is 0 Å². The molecule has 2 rings (SSSR count). The van der Waals surface area contributed by atoms with Gasteiger partial charge < -0.3 is 15.3 Å². The normalized spacial score (nSPS) is 15.2. The Morgan fingerprint density at radius 1 is 1.29 bits per heavy atom. The Labute approximate surface area is 101 Å². The third-order valence-corrected chi connectivity index (χ3v) is 2.51. The monoisotopic (exact) mass is 232 g/mol. The van der Waals surface area contributed by atoms with E-state index in [-0.39, 0.29) is 6.61 Å². The van der Waals surface area contributed by atoms with Crippen LogP contribution in [0.4, 0.5) is 5.95 Å². The van der Waals surface area contributed by atoms with Crippen molar-refractivity contribution < 1.29 is 5.11 Å². The molecule has 0 radical (unpaired) electrons. The van der Waals surface area contributed by atoms with Crippen molar-refractivity contribution in [2.45, 2.75) is 6.42 Å². The van der Waals surface area contributed by atoms with Gasteiger partial charge >= 0.3 is 0 Å². The van der Waals surface area contributed by atoms with Gasteiger partial charge in [-0.05, 0) is 0 Å². The van der Waals surface area contributed by atoms with Crippen LogP contribution in [0.5, 0.6) is 0 Å². The van der Waals surface area contributed by atoms with Crippen LogP contribution in [0.25, 0.3) is 0 Å². The third-order valence-electron chi connectivity index (χ3n) is 2.51. The largest absolute Gasteiger partial charge is 0.395 e. The molecule has 0 bridgehead atoms. The fraction of sp³-hybridized carbons (Fsp3) is 0.500. The molecule has 1 aliphatic rings. The minimum atomic E-state index is 0.0900. The molecule has 5 nitrogen and oxygen atoms in total. The predicted octanol–water partition coefficient (Wildman–Crippen LogP) is -0.380. The molecule has 0 spiro atoms. The van der Waals surface area contributed by atoms with Crippen molar-refractivity contribution in [1.82, 2.24) is 15.3 Å². The lowest BCUT2D eigenvalue weighted by Crippen LogP contribution is -2.44. The molecule has 0 atom stereocenters. The van der Waals surface area contributed by atoms with Crippen molar-refractivity contribution in [2.75, 3.05) is 37.7 Å². The number of anilines is 1. The molecule has 1 fully saturated rings. The molecule has 2 heterocycles. The van der Waals surface area contributed by atoms with Crippen molar-refractivity contribution in [1.29, 1.82) is 0 Å². The second-order valence-electron chi connectivity index (χ2n) is 3.78. The van der Waals surface area contributed by atoms with E-state index in [1.54, 1.807) is 12.4 Å². The van der Waals surface area contributed by atoms with Crippen LogP contribution in [0, 0.1) is 11.8 Å². The lowest BCUT2D eigenvalue weighted by Gasteiger charge is -2.27. The van der Waals surface area contributed by atoms with Gasteiger partial charge in [0.2, 0.25) is 5.95 Å². The summed E-state index contributed by atoms with van der Waals surface area (Å²) in [6.45, 7) is 3.92. The Morgan fingerprint density at radius 3 is 2.65 bits per heavy atom. The standard InChI is InChI=1S/C12H16N4O/c17-8-2-1-3-11-9-14-12(15-10-11)16-6-4-13-5-7-16/h9-10,13,17H,2,4-8H2. The summed E-state index contributed by atoms with van der Waals surface area (Å²) in [4.78, 5) is 10.8. The van der Waals surface area contributed by atoms with Gasteiger partial charge in [-0.15, -0.1) is 0 Å². The highest BCUT2D eigenvalue weighted by Crippen LogP contribution is 2.07. The number of aliphatic hydroxyl groups excluding tert-OH is 1. The van der Waals surface area contributed by atoms with Crippen molar-refractivity contribution >= 4 is 5.95 Å². The summed E-state index contributed by atoms with van der Waals surface area (Å²) >= 11 is 0. The molecule has 0 aromatic carbocycles. The van der Waals surface area contributed by atoms with Crippen LogP contribution in [-0.4, -0.2) is 47.9 Å². The first-order valence-electron chi connectivity index (χ1n) is 5.77. The van der Waals surface area contributed by atoms with Gasteiger partial charge in [-0.3, -0.25) is 0 Å². The fourth-order valence-corrected chi connectivity index (χ4v) is 1.63. The maximum atomic E-state index is 8.61. The van der Waals surface area contributed by atoms with Gasteiger partial charge in [-0.25, -0.2) is 9.97 Å². The van der Waals surface area contributed by atoms with E-state index in [0.717, 1.165) is 37.7 Å². The molecular weight excluding hydrogens is 216 g/mol. The van der Waals surface area contributed by atoms with E-state index >= 15 is 0 Å². The summed E-state index contributed by atoms with van der Waals surface area (Å²) in [5, 5.41) is 11.9. The zero-order valence-corrected chi connectivity index (χ0v) is 9.69. The highest BCUT2D eigenvalue weighted by Gasteiger charge is 2.11. The Kier molecular flexibility index (Phi) is 4.30. The summed E-state index contributed by atoms with van der Waals surface area (Å²) in [5.74, 6) is 6.52. The lowest BCUT2D eigenvalue weighted by molar-refractivity contribution is 0.305. The Morgan fingerprint density at radius 2 is 2.00 bits per heavy atom. The number of aliphatic hydroxyl groups is 1. The number of piperazine rings is 1. The minimum absolute atomic E-state index is 0.0900. The van der Waals surface area contributed by atoms with Gasteiger partial charge in [0, 0.05) is 45.0 Å². The topological polar surface area (TPSA) is 61.3 Å². The molecule has 5 heteroatoms. The number of rotatable bonds is 2. The molecule has 0 saturated carbocycles. The highest BCUT2D eigenvalue weighted by atomic mass is 16.2. The van der Waals surface area contributed by atoms with Crippen LogP contribution in [0.3, 0.4) is 0 Å². The number of hydrogen-bond donors (Lipinski definition) is 2. The van der Waals surface area contributed by atoms with Crippen LogP contribution in [0.15, 0.2) is 12.4 Å². The van der Waals surface area contributed by atoms with E-state index < -0.39 is 0 Å². The second kappa shape index (κ2) is 6.18. The summed E-state index contributed by atoms with van der Waals surface area (Å²) in [6.07, 6.45) is 3.95. The zero-order valence-electron chi connectivity index (χ0n) is 9.69. The molecule has 1 aromatic rings. The first-order chi connectivity index (χ1) is 8.40. The first-order valence-corrected chi connectivity index (χ1v) is 5.77. The summed E-state index contributed by atoms with van der Waals surface area (Å²) in [6, 6.07) is 0. The van der Waals surface area contributed by atoms with Gasteiger partial charge in [-0.2, -0.15) is 0 Å². The molecule has 90 valence electrons. The summed E-state index contributed by atoms with van der Waals surface area (Å²) in [7, 11) is 0. The van der Waals surface area contributed by atoms with Crippen molar-refractivity contribution in [2.24, 2.45) is 0 Å². The molecule has 1 aliphatic heterocycles. The second-order valence-corrected chi connectivity index (χ2v) is 3.78. The van der Waals surface area contributed by atoms with Crippen LogP contribution < -0.4 is 10.2 Å². The van der Waals surface area contributed by atoms with E-state index in [1.165, 1.54) is 0 Å². The number of hydrogen-bond acceptors (Lipinski definition) is 5. The van der Waals surface area contributed by atoms with Crippen LogP contribution >= 0.6 is 0 Å². The number of nitrogens with zero attached hydrogens (tertiary/aromatic N) is 3. The summed E-state index contributed by atoms with van der Waals surface area (Å²) < 4.78 is 0. The summed E-state index contributed by atoms with van der Waals surface area (Å²) in [5.41, 5.74) is 0.789. The average Bonchev–Trinajstić information content (AvgIpc) is 2.41. The quantitative estimate of drug-likeness (QED) is 0.681. The maximum Gasteiger partial charge on any atom is 0.225 e. The van der Waals surface area contributed by atoms with E-state index in [0.29, 0.717) is 6.42 Å². The molecule has 0 amide bonds. The highest BCUT2D eigenvalue weighted by molar-refractivity contribution is 5.36. The number of nitrogens with one attached hydrogen (secondary N) is 1. The lowest BCUT2D eigenvalue weighted by atomic mass is 10.3. The van der Waals surface area contributed by atoms with E-state index in [9.17, 15) is 0 Å². The average molecular weight is 232 g/mol. The Hall–Kier alpha value is -1.64. The molecule has 17 heavy (non-hydrogen) atoms. The number of aromatic nitrogens is 2. The van der Waals surface area contributed by atoms with Gasteiger partial charge in [0.15, 0.2) is 0 Å². The van der Waals surface area contributed by atoms with Crippen molar-refractivity contribution in [3.05, 3.63) is 18.0 Å². The SMILES string of the molecule is OCCC#Cc1cnc(N2CCNCC2)nc1. The Bertz CT molecular complexity index is 401. The van der Waals surface area contributed by atoms with Gasteiger partial charge in [-0.1, -0.05) is 11.8 Å². The molecule has 1 aromatic heterocycles. The third kappa shape index (κ3) is 3.41. The van der Waals surface area contributed by atoms with Crippen molar-refractivity contribution in [3.63, 3.8) is 0 Å².